The largest absolute Gasteiger partial charge is 0.464 e. The number of rotatable bonds is 5. The van der Waals surface area contributed by atoms with Crippen LogP contribution in [0.3, 0.4) is 0 Å². The van der Waals surface area contributed by atoms with E-state index >= 15 is 0 Å². The second kappa shape index (κ2) is 7.33. The number of amides is 1. The molecule has 0 atom stereocenters. The number of aromatic nitrogens is 1. The molecule has 7 nitrogen and oxygen atoms in total. The van der Waals surface area contributed by atoms with Gasteiger partial charge < -0.3 is 20.4 Å². The molecule has 0 radical (unpaired) electrons. The highest BCUT2D eigenvalue weighted by Gasteiger charge is 2.21. The molecule has 0 bridgehead atoms. The Balaban J connectivity index is 2.33. The van der Waals surface area contributed by atoms with Gasteiger partial charge in [-0.2, -0.15) is 5.26 Å². The number of anilines is 1. The molecular weight excluding hydrogens is 308 g/mol. The molecule has 1 amide bonds. The number of carbonyl (C=O) groups excluding carboxylic acids is 2. The first-order valence-corrected chi connectivity index (χ1v) is 7.31. The Labute approximate surface area is 139 Å². The second-order valence-electron chi connectivity index (χ2n) is 5.12. The minimum Gasteiger partial charge on any atom is -0.464 e. The lowest BCUT2D eigenvalue weighted by atomic mass is 10.1. The predicted molar refractivity (Wildman–Crippen MR) is 88.6 cm³/mol. The van der Waals surface area contributed by atoms with Crippen molar-refractivity contribution < 1.29 is 14.3 Å². The Morgan fingerprint density at radius 2 is 2.00 bits per heavy atom. The SMILES string of the molecule is CNC(=O)CCc1ccc(-n2cc(C#N)c(N)c2C(=O)OC)cc1. The summed E-state index contributed by atoms with van der Waals surface area (Å²) >= 11 is 0. The minimum atomic E-state index is -0.613. The van der Waals surface area contributed by atoms with Crippen molar-refractivity contribution in [3.05, 3.63) is 47.3 Å². The summed E-state index contributed by atoms with van der Waals surface area (Å²) in [5.74, 6) is -0.637. The number of ether oxygens (including phenoxy) is 1. The van der Waals surface area contributed by atoms with Crippen LogP contribution < -0.4 is 11.1 Å². The van der Waals surface area contributed by atoms with Crippen LogP contribution in [0.15, 0.2) is 30.5 Å². The molecule has 2 rings (SSSR count). The third kappa shape index (κ3) is 3.38. The highest BCUT2D eigenvalue weighted by atomic mass is 16.5. The van der Waals surface area contributed by atoms with E-state index in [9.17, 15) is 9.59 Å². The first-order chi connectivity index (χ1) is 11.5. The first-order valence-electron chi connectivity index (χ1n) is 7.31. The van der Waals surface area contributed by atoms with E-state index < -0.39 is 5.97 Å². The van der Waals surface area contributed by atoms with Crippen LogP contribution in [0.4, 0.5) is 5.69 Å². The van der Waals surface area contributed by atoms with Crippen molar-refractivity contribution in [1.29, 1.82) is 5.26 Å². The van der Waals surface area contributed by atoms with Gasteiger partial charge in [0.1, 0.15) is 6.07 Å². The molecule has 0 unspecified atom stereocenters. The number of esters is 1. The number of nitrogen functional groups attached to an aromatic ring is 1. The monoisotopic (exact) mass is 326 g/mol. The zero-order chi connectivity index (χ0) is 17.7. The fraction of sp³-hybridized carbons (Fsp3) is 0.235. The molecule has 0 aliphatic carbocycles. The molecule has 1 heterocycles. The normalized spacial score (nSPS) is 10.0. The lowest BCUT2D eigenvalue weighted by Crippen LogP contribution is -2.17. The number of benzene rings is 1. The molecule has 3 N–H and O–H groups in total. The van der Waals surface area contributed by atoms with Gasteiger partial charge in [-0.1, -0.05) is 12.1 Å². The van der Waals surface area contributed by atoms with Gasteiger partial charge in [-0.3, -0.25) is 4.79 Å². The summed E-state index contributed by atoms with van der Waals surface area (Å²) < 4.78 is 6.27. The Morgan fingerprint density at radius 1 is 1.33 bits per heavy atom. The molecule has 0 spiro atoms. The van der Waals surface area contributed by atoms with Crippen LogP contribution in [-0.4, -0.2) is 30.6 Å². The lowest BCUT2D eigenvalue weighted by Gasteiger charge is -2.09. The summed E-state index contributed by atoms with van der Waals surface area (Å²) in [6, 6.07) is 9.28. The van der Waals surface area contributed by atoms with E-state index in [1.807, 2.05) is 18.2 Å². The van der Waals surface area contributed by atoms with Crippen LogP contribution in [0.5, 0.6) is 0 Å². The summed E-state index contributed by atoms with van der Waals surface area (Å²) in [4.78, 5) is 23.2. The van der Waals surface area contributed by atoms with E-state index in [0.717, 1.165) is 5.56 Å². The van der Waals surface area contributed by atoms with Crippen molar-refractivity contribution in [2.45, 2.75) is 12.8 Å². The van der Waals surface area contributed by atoms with Crippen molar-refractivity contribution in [2.24, 2.45) is 0 Å². The summed E-state index contributed by atoms with van der Waals surface area (Å²) in [7, 11) is 2.86. The fourth-order valence-corrected chi connectivity index (χ4v) is 2.32. The van der Waals surface area contributed by atoms with Gasteiger partial charge in [0.2, 0.25) is 5.91 Å². The number of nitrogens with two attached hydrogens (primary N) is 1. The van der Waals surface area contributed by atoms with Crippen molar-refractivity contribution in [3.63, 3.8) is 0 Å². The van der Waals surface area contributed by atoms with Crippen LogP contribution >= 0.6 is 0 Å². The number of carbonyl (C=O) groups is 2. The number of aryl methyl sites for hydroxylation is 1. The Hall–Kier alpha value is -3.27. The third-order valence-electron chi connectivity index (χ3n) is 3.68. The van der Waals surface area contributed by atoms with E-state index in [2.05, 4.69) is 5.32 Å². The van der Waals surface area contributed by atoms with Crippen molar-refractivity contribution >= 4 is 17.6 Å². The van der Waals surface area contributed by atoms with Crippen LogP contribution in [0.2, 0.25) is 0 Å². The topological polar surface area (TPSA) is 110 Å². The van der Waals surface area contributed by atoms with Gasteiger partial charge in [-0.25, -0.2) is 4.79 Å². The summed E-state index contributed by atoms with van der Waals surface area (Å²) in [6.07, 6.45) is 2.51. The highest BCUT2D eigenvalue weighted by molar-refractivity contribution is 5.95. The number of nitrogens with one attached hydrogen (secondary N) is 1. The van der Waals surface area contributed by atoms with E-state index in [1.54, 1.807) is 19.2 Å². The van der Waals surface area contributed by atoms with Gasteiger partial charge in [-0.15, -0.1) is 0 Å². The van der Waals surface area contributed by atoms with E-state index in [4.69, 9.17) is 15.7 Å². The minimum absolute atomic E-state index is 0.0242. The molecule has 7 heteroatoms. The molecule has 24 heavy (non-hydrogen) atoms. The molecule has 2 aromatic rings. The molecule has 0 aliphatic rings. The number of nitriles is 1. The average Bonchev–Trinajstić information content (AvgIpc) is 2.95. The van der Waals surface area contributed by atoms with Crippen LogP contribution in [0.25, 0.3) is 5.69 Å². The predicted octanol–water partition coefficient (Wildman–Crippen LogP) is 1.40. The maximum absolute atomic E-state index is 12.0. The molecule has 0 aliphatic heterocycles. The number of methoxy groups -OCH3 is 1. The molecule has 124 valence electrons. The lowest BCUT2D eigenvalue weighted by molar-refractivity contribution is -0.120. The second-order valence-corrected chi connectivity index (χ2v) is 5.12. The maximum Gasteiger partial charge on any atom is 0.357 e. The molecule has 0 saturated heterocycles. The fourth-order valence-electron chi connectivity index (χ4n) is 2.32. The van der Waals surface area contributed by atoms with Crippen molar-refractivity contribution in [3.8, 4) is 11.8 Å². The Morgan fingerprint density at radius 3 is 2.54 bits per heavy atom. The molecule has 0 fully saturated rings. The van der Waals surface area contributed by atoms with Crippen LogP contribution in [0, 0.1) is 11.3 Å². The third-order valence-corrected chi connectivity index (χ3v) is 3.68. The van der Waals surface area contributed by atoms with Crippen molar-refractivity contribution in [1.82, 2.24) is 9.88 Å². The van der Waals surface area contributed by atoms with Gasteiger partial charge in [0, 0.05) is 25.4 Å². The molecular formula is C17H18N4O3. The maximum atomic E-state index is 12.0. The standard InChI is InChI=1S/C17H18N4O3/c1-20-14(22)8-5-11-3-6-13(7-4-11)21-10-12(9-18)15(19)16(21)17(23)24-2/h3-4,6-7,10H,5,8,19H2,1-2H3,(H,20,22). The van der Waals surface area contributed by atoms with Crippen LogP contribution in [-0.2, 0) is 16.0 Å². The summed E-state index contributed by atoms with van der Waals surface area (Å²) in [6.45, 7) is 0. The summed E-state index contributed by atoms with van der Waals surface area (Å²) in [5, 5.41) is 11.7. The van der Waals surface area contributed by atoms with Gasteiger partial charge >= 0.3 is 5.97 Å². The van der Waals surface area contributed by atoms with Gasteiger partial charge in [0.15, 0.2) is 5.69 Å². The Kier molecular flexibility index (Phi) is 5.22. The highest BCUT2D eigenvalue weighted by Crippen LogP contribution is 2.25. The quantitative estimate of drug-likeness (QED) is 0.807. The smallest absolute Gasteiger partial charge is 0.357 e. The zero-order valence-electron chi connectivity index (χ0n) is 13.5. The van der Waals surface area contributed by atoms with E-state index in [1.165, 1.54) is 17.9 Å². The summed E-state index contributed by atoms with van der Waals surface area (Å²) in [5.41, 5.74) is 7.94. The van der Waals surface area contributed by atoms with Gasteiger partial charge in [0.25, 0.3) is 0 Å². The molecule has 1 aromatic heterocycles. The first kappa shape index (κ1) is 17.1. The zero-order valence-corrected chi connectivity index (χ0v) is 13.5. The number of hydrogen-bond acceptors (Lipinski definition) is 5. The average molecular weight is 326 g/mol. The molecule has 1 aromatic carbocycles. The number of hydrogen-bond donors (Lipinski definition) is 2. The van der Waals surface area contributed by atoms with Gasteiger partial charge in [-0.05, 0) is 24.1 Å². The van der Waals surface area contributed by atoms with Gasteiger partial charge in [0.05, 0.1) is 18.4 Å². The molecule has 0 saturated carbocycles. The van der Waals surface area contributed by atoms with Crippen LogP contribution in [0.1, 0.15) is 28.0 Å². The van der Waals surface area contributed by atoms with Crippen molar-refractivity contribution in [2.75, 3.05) is 19.9 Å². The van der Waals surface area contributed by atoms with E-state index in [-0.39, 0.29) is 22.9 Å². The Bertz CT molecular complexity index is 800. The van der Waals surface area contributed by atoms with E-state index in [0.29, 0.717) is 18.5 Å². The number of nitrogens with zero attached hydrogens (tertiary/aromatic N) is 2.